The minimum absolute atomic E-state index is 0.186. The fourth-order valence-corrected chi connectivity index (χ4v) is 1.73. The Morgan fingerprint density at radius 1 is 1.11 bits per heavy atom. The summed E-state index contributed by atoms with van der Waals surface area (Å²) in [6.45, 7) is 0. The Morgan fingerprint density at radius 2 is 1.79 bits per heavy atom. The summed E-state index contributed by atoms with van der Waals surface area (Å²) in [4.78, 5) is 11.9. The lowest BCUT2D eigenvalue weighted by molar-refractivity contribution is 0.0735. The van der Waals surface area contributed by atoms with Gasteiger partial charge in [-0.25, -0.2) is 4.79 Å². The van der Waals surface area contributed by atoms with Crippen molar-refractivity contribution >= 4 is 29.2 Å². The molecule has 2 rings (SSSR count). The van der Waals surface area contributed by atoms with Gasteiger partial charge in [-0.15, -0.1) is 0 Å². The van der Waals surface area contributed by atoms with Gasteiger partial charge in [0.1, 0.15) is 5.02 Å². The summed E-state index contributed by atoms with van der Waals surface area (Å²) in [6.07, 6.45) is 0. The highest BCUT2D eigenvalue weighted by atomic mass is 35.5. The summed E-state index contributed by atoms with van der Waals surface area (Å²) >= 11 is 11.7. The Kier molecular flexibility index (Phi) is 4.06. The number of nitriles is 1. The van der Waals surface area contributed by atoms with Gasteiger partial charge in [0.2, 0.25) is 0 Å². The average molecular weight is 292 g/mol. The molecule has 0 amide bonds. The smallest absolute Gasteiger partial charge is 0.343 e. The van der Waals surface area contributed by atoms with Crippen molar-refractivity contribution in [1.29, 1.82) is 5.26 Å². The Labute approximate surface area is 119 Å². The molecule has 0 spiro atoms. The number of rotatable bonds is 2. The van der Waals surface area contributed by atoms with E-state index in [1.54, 1.807) is 18.2 Å². The minimum atomic E-state index is -0.561. The number of esters is 1. The maximum Gasteiger partial charge on any atom is 0.343 e. The normalized spacial score (nSPS) is 9.74. The van der Waals surface area contributed by atoms with Crippen molar-refractivity contribution < 1.29 is 9.53 Å². The minimum Gasteiger partial charge on any atom is -0.421 e. The number of halogens is 2. The fraction of sp³-hybridized carbons (Fsp3) is 0. The van der Waals surface area contributed by atoms with E-state index in [4.69, 9.17) is 33.2 Å². The van der Waals surface area contributed by atoms with Gasteiger partial charge < -0.3 is 4.74 Å². The first-order valence-corrected chi connectivity index (χ1v) is 6.04. The second-order valence-electron chi connectivity index (χ2n) is 3.63. The van der Waals surface area contributed by atoms with E-state index in [1.807, 2.05) is 6.07 Å². The third kappa shape index (κ3) is 3.05. The van der Waals surface area contributed by atoms with Gasteiger partial charge in [-0.3, -0.25) is 0 Å². The Balaban J connectivity index is 2.21. The van der Waals surface area contributed by atoms with Gasteiger partial charge >= 0.3 is 5.97 Å². The summed E-state index contributed by atoms with van der Waals surface area (Å²) in [5.41, 5.74) is 0.799. The molecule has 94 valence electrons. The van der Waals surface area contributed by atoms with Crippen LogP contribution in [0.1, 0.15) is 15.9 Å². The zero-order valence-electron chi connectivity index (χ0n) is 9.56. The maximum atomic E-state index is 11.9. The van der Waals surface area contributed by atoms with Crippen LogP contribution >= 0.6 is 23.2 Å². The molecule has 0 saturated heterocycles. The Morgan fingerprint density at radius 3 is 2.42 bits per heavy atom. The average Bonchev–Trinajstić information content (AvgIpc) is 2.44. The van der Waals surface area contributed by atoms with Crippen molar-refractivity contribution in [3.63, 3.8) is 0 Å². The highest BCUT2D eigenvalue weighted by Crippen LogP contribution is 2.31. The van der Waals surface area contributed by atoms with E-state index >= 15 is 0 Å². The molecule has 0 atom stereocenters. The molecule has 3 nitrogen and oxygen atoms in total. The van der Waals surface area contributed by atoms with Crippen LogP contribution in [0.25, 0.3) is 0 Å². The summed E-state index contributed by atoms with van der Waals surface area (Å²) in [7, 11) is 0. The van der Waals surface area contributed by atoms with Gasteiger partial charge in [-0.1, -0.05) is 29.3 Å². The van der Waals surface area contributed by atoms with Crippen LogP contribution in [0, 0.1) is 11.3 Å². The maximum absolute atomic E-state index is 11.9. The number of hydrogen-bond donors (Lipinski definition) is 0. The van der Waals surface area contributed by atoms with Crippen LogP contribution in [0.4, 0.5) is 0 Å². The zero-order chi connectivity index (χ0) is 13.8. The molecule has 0 radical (unpaired) electrons. The molecule has 0 aromatic heterocycles. The standard InChI is InChI=1S/C14H7Cl2NO2/c15-11-2-1-3-12(13(11)16)19-14(18)10-6-4-9(8-17)5-7-10/h1-7H. The number of carbonyl (C=O) groups excluding carboxylic acids is 1. The van der Waals surface area contributed by atoms with Crippen LogP contribution in [-0.2, 0) is 0 Å². The van der Waals surface area contributed by atoms with Gasteiger partial charge in [0.05, 0.1) is 22.2 Å². The third-order valence-corrected chi connectivity index (χ3v) is 3.17. The first-order chi connectivity index (χ1) is 9.11. The molecule has 0 saturated carbocycles. The van der Waals surface area contributed by atoms with E-state index in [1.165, 1.54) is 24.3 Å². The SMILES string of the molecule is N#Cc1ccc(C(=O)Oc2cccc(Cl)c2Cl)cc1. The second kappa shape index (κ2) is 5.75. The van der Waals surface area contributed by atoms with Crippen LogP contribution in [0.2, 0.25) is 10.0 Å². The van der Waals surface area contributed by atoms with Crippen LogP contribution in [0.5, 0.6) is 5.75 Å². The summed E-state index contributed by atoms with van der Waals surface area (Å²) in [6, 6.07) is 12.9. The molecule has 19 heavy (non-hydrogen) atoms. The van der Waals surface area contributed by atoms with Crippen LogP contribution in [-0.4, -0.2) is 5.97 Å². The van der Waals surface area contributed by atoms with Crippen molar-refractivity contribution in [2.24, 2.45) is 0 Å². The van der Waals surface area contributed by atoms with E-state index in [-0.39, 0.29) is 10.8 Å². The predicted octanol–water partition coefficient (Wildman–Crippen LogP) is 4.08. The first-order valence-electron chi connectivity index (χ1n) is 5.28. The number of nitrogens with zero attached hydrogens (tertiary/aromatic N) is 1. The zero-order valence-corrected chi connectivity index (χ0v) is 11.1. The molecule has 0 aliphatic carbocycles. The quantitative estimate of drug-likeness (QED) is 0.619. The van der Waals surface area contributed by atoms with Gasteiger partial charge in [-0.05, 0) is 36.4 Å². The van der Waals surface area contributed by atoms with Crippen molar-refractivity contribution in [2.45, 2.75) is 0 Å². The first kappa shape index (κ1) is 13.4. The van der Waals surface area contributed by atoms with Gasteiger partial charge in [0.15, 0.2) is 5.75 Å². The monoisotopic (exact) mass is 291 g/mol. The van der Waals surface area contributed by atoms with Gasteiger partial charge in [-0.2, -0.15) is 5.26 Å². The van der Waals surface area contributed by atoms with E-state index in [2.05, 4.69) is 0 Å². The van der Waals surface area contributed by atoms with Crippen LogP contribution < -0.4 is 4.74 Å². The molecule has 2 aromatic rings. The van der Waals surface area contributed by atoms with E-state index in [9.17, 15) is 4.79 Å². The van der Waals surface area contributed by atoms with Crippen molar-refractivity contribution in [3.05, 3.63) is 63.6 Å². The number of benzene rings is 2. The van der Waals surface area contributed by atoms with Crippen molar-refractivity contribution in [2.75, 3.05) is 0 Å². The molecule has 0 heterocycles. The fourth-order valence-electron chi connectivity index (χ4n) is 1.40. The van der Waals surface area contributed by atoms with Crippen LogP contribution in [0.3, 0.4) is 0 Å². The lowest BCUT2D eigenvalue weighted by atomic mass is 10.1. The van der Waals surface area contributed by atoms with E-state index in [0.717, 1.165) is 0 Å². The molecule has 0 bridgehead atoms. The van der Waals surface area contributed by atoms with Gasteiger partial charge in [0.25, 0.3) is 0 Å². The van der Waals surface area contributed by atoms with E-state index < -0.39 is 5.97 Å². The summed E-state index contributed by atoms with van der Waals surface area (Å²) in [5, 5.41) is 9.17. The number of carbonyl (C=O) groups is 1. The molecule has 5 heteroatoms. The predicted molar refractivity (Wildman–Crippen MR) is 72.6 cm³/mol. The third-order valence-electron chi connectivity index (χ3n) is 2.37. The Hall–Kier alpha value is -2.02. The molecule has 0 N–H and O–H groups in total. The summed E-state index contributed by atoms with van der Waals surface area (Å²) in [5.74, 6) is -0.364. The van der Waals surface area contributed by atoms with Crippen LogP contribution in [0.15, 0.2) is 42.5 Å². The lowest BCUT2D eigenvalue weighted by Gasteiger charge is -2.07. The Bertz CT molecular complexity index is 660. The molecular weight excluding hydrogens is 285 g/mol. The molecule has 0 fully saturated rings. The molecule has 0 aliphatic heterocycles. The molecule has 0 aliphatic rings. The van der Waals surface area contributed by atoms with Crippen molar-refractivity contribution in [1.82, 2.24) is 0 Å². The number of ether oxygens (including phenoxy) is 1. The summed E-state index contributed by atoms with van der Waals surface area (Å²) < 4.78 is 5.15. The highest BCUT2D eigenvalue weighted by molar-refractivity contribution is 6.43. The molecule has 0 unspecified atom stereocenters. The van der Waals surface area contributed by atoms with E-state index in [0.29, 0.717) is 16.1 Å². The highest BCUT2D eigenvalue weighted by Gasteiger charge is 2.12. The van der Waals surface area contributed by atoms with Gasteiger partial charge in [0, 0.05) is 0 Å². The topological polar surface area (TPSA) is 50.1 Å². The molecular formula is C14H7Cl2NO2. The van der Waals surface area contributed by atoms with Crippen molar-refractivity contribution in [3.8, 4) is 11.8 Å². The number of hydrogen-bond acceptors (Lipinski definition) is 3. The molecule has 2 aromatic carbocycles. The largest absolute Gasteiger partial charge is 0.421 e. The lowest BCUT2D eigenvalue weighted by Crippen LogP contribution is -2.08. The second-order valence-corrected chi connectivity index (χ2v) is 4.42.